The molecule has 0 saturated heterocycles. The zero-order valence-corrected chi connectivity index (χ0v) is 9.37. The van der Waals surface area contributed by atoms with Crippen LogP contribution >= 0.6 is 0 Å². The summed E-state index contributed by atoms with van der Waals surface area (Å²) in [4.78, 5) is 15.0. The Labute approximate surface area is 101 Å². The molecule has 0 atom stereocenters. The van der Waals surface area contributed by atoms with Crippen LogP contribution in [0.25, 0.3) is 5.65 Å². The number of carbonyl (C=O) groups is 1. The second kappa shape index (κ2) is 4.71. The van der Waals surface area contributed by atoms with Crippen molar-refractivity contribution in [3.05, 3.63) is 23.9 Å². The Bertz CT molecular complexity index is 601. The zero-order valence-electron chi connectivity index (χ0n) is 9.37. The highest BCUT2D eigenvalue weighted by Crippen LogP contribution is 2.06. The molecule has 0 radical (unpaired) electrons. The zero-order chi connectivity index (χ0) is 13.3. The van der Waals surface area contributed by atoms with Crippen LogP contribution in [0.4, 0.5) is 4.39 Å². The molecule has 9 heteroatoms. The summed E-state index contributed by atoms with van der Waals surface area (Å²) in [5, 5.41) is 21.6. The van der Waals surface area contributed by atoms with Crippen LogP contribution in [0.3, 0.4) is 0 Å². The van der Waals surface area contributed by atoms with Crippen molar-refractivity contribution in [1.29, 1.82) is 0 Å². The number of pyridine rings is 1. The normalized spacial score (nSPS) is 10.7. The van der Waals surface area contributed by atoms with E-state index in [1.165, 1.54) is 6.20 Å². The van der Waals surface area contributed by atoms with E-state index in [-0.39, 0.29) is 23.5 Å². The number of carbonyl (C=O) groups excluding carboxylic acids is 1. The van der Waals surface area contributed by atoms with Gasteiger partial charge in [0.1, 0.15) is 0 Å². The fourth-order valence-electron chi connectivity index (χ4n) is 1.39. The lowest BCUT2D eigenvalue weighted by atomic mass is 9.82. The molecule has 0 saturated carbocycles. The minimum Gasteiger partial charge on any atom is -0.460 e. The number of nitrogens with zero attached hydrogens (tertiary/aromatic N) is 3. The van der Waals surface area contributed by atoms with Gasteiger partial charge in [0.2, 0.25) is 0 Å². The van der Waals surface area contributed by atoms with Crippen LogP contribution in [0.5, 0.6) is 0 Å². The predicted octanol–water partition coefficient (Wildman–Crippen LogP) is -1.28. The molecule has 2 heterocycles. The third kappa shape index (κ3) is 2.17. The third-order valence-corrected chi connectivity index (χ3v) is 2.17. The number of fused-ring (bicyclic) bond motifs is 1. The van der Waals surface area contributed by atoms with Gasteiger partial charge in [0.25, 0.3) is 5.82 Å². The van der Waals surface area contributed by atoms with Crippen LogP contribution in [0.2, 0.25) is 0 Å². The van der Waals surface area contributed by atoms with E-state index in [4.69, 9.17) is 10.0 Å². The number of halogens is 1. The lowest BCUT2D eigenvalue weighted by Gasteiger charge is -1.99. The first-order valence-corrected chi connectivity index (χ1v) is 5.12. The van der Waals surface area contributed by atoms with E-state index >= 15 is 0 Å². The Kier molecular flexibility index (Phi) is 3.26. The van der Waals surface area contributed by atoms with Gasteiger partial charge in [0.15, 0.2) is 11.5 Å². The van der Waals surface area contributed by atoms with Gasteiger partial charge in [0, 0.05) is 11.7 Å². The molecule has 2 N–H and O–H groups in total. The molecular formula is C9H9BFN3O4. The Morgan fingerprint density at radius 3 is 2.94 bits per heavy atom. The van der Waals surface area contributed by atoms with Crippen molar-refractivity contribution in [1.82, 2.24) is 14.6 Å². The summed E-state index contributed by atoms with van der Waals surface area (Å²) in [7, 11) is -1.83. The van der Waals surface area contributed by atoms with E-state index in [1.807, 2.05) is 0 Å². The molecule has 2 aromatic rings. The topological polar surface area (TPSA) is 97.0 Å². The van der Waals surface area contributed by atoms with E-state index in [0.717, 1.165) is 10.6 Å². The second-order valence-electron chi connectivity index (χ2n) is 3.42. The van der Waals surface area contributed by atoms with Gasteiger partial charge in [-0.05, 0) is 13.0 Å². The van der Waals surface area contributed by atoms with Gasteiger partial charge >= 0.3 is 13.1 Å². The number of aromatic nitrogens is 3. The second-order valence-corrected chi connectivity index (χ2v) is 3.42. The highest BCUT2D eigenvalue weighted by atomic mass is 19.1. The fraction of sp³-hybridized carbons (Fsp3) is 0.222. The van der Waals surface area contributed by atoms with Gasteiger partial charge in [-0.15, -0.1) is 5.10 Å². The highest BCUT2D eigenvalue weighted by molar-refractivity contribution is 6.58. The third-order valence-electron chi connectivity index (χ3n) is 2.17. The molecule has 18 heavy (non-hydrogen) atoms. The molecule has 2 rings (SSSR count). The lowest BCUT2D eigenvalue weighted by Crippen LogP contribution is -2.31. The van der Waals surface area contributed by atoms with Gasteiger partial charge < -0.3 is 14.8 Å². The van der Waals surface area contributed by atoms with Gasteiger partial charge in [0.05, 0.1) is 6.61 Å². The van der Waals surface area contributed by atoms with Crippen molar-refractivity contribution in [3.63, 3.8) is 0 Å². The number of ether oxygens (including phenoxy) is 1. The molecule has 0 aliphatic heterocycles. The standard InChI is InChI=1S/C9H9BFN3O4/c1-2-18-9(15)7-12-8-6(11)3-5(10(16)17)4-14(8)13-7/h3-4,16-17H,2H2,1H3. The molecular weight excluding hydrogens is 244 g/mol. The number of hydrogen-bond donors (Lipinski definition) is 2. The predicted molar refractivity (Wildman–Crippen MR) is 58.7 cm³/mol. The molecule has 7 nitrogen and oxygen atoms in total. The van der Waals surface area contributed by atoms with Gasteiger partial charge in [-0.25, -0.2) is 13.7 Å². The van der Waals surface area contributed by atoms with E-state index in [1.54, 1.807) is 6.92 Å². The summed E-state index contributed by atoms with van der Waals surface area (Å²) in [6.07, 6.45) is 1.17. The molecule has 94 valence electrons. The number of esters is 1. The molecule has 0 fully saturated rings. The smallest absolute Gasteiger partial charge is 0.460 e. The van der Waals surface area contributed by atoms with E-state index in [0.29, 0.717) is 0 Å². The Hall–Kier alpha value is -2.00. The summed E-state index contributed by atoms with van der Waals surface area (Å²) in [6, 6.07) is 0.906. The summed E-state index contributed by atoms with van der Waals surface area (Å²) < 4.78 is 19.2. The monoisotopic (exact) mass is 253 g/mol. The van der Waals surface area contributed by atoms with Crippen LogP contribution < -0.4 is 5.46 Å². The minimum atomic E-state index is -1.83. The van der Waals surface area contributed by atoms with Crippen LogP contribution in [-0.4, -0.2) is 44.3 Å². The van der Waals surface area contributed by atoms with Gasteiger partial charge in [-0.2, -0.15) is 4.98 Å². The summed E-state index contributed by atoms with van der Waals surface area (Å²) >= 11 is 0. The Balaban J connectivity index is 2.50. The van der Waals surface area contributed by atoms with Crippen LogP contribution in [0.15, 0.2) is 12.3 Å². The molecule has 0 spiro atoms. The first-order chi connectivity index (χ1) is 8.52. The maximum absolute atomic E-state index is 13.6. The molecule has 0 aromatic carbocycles. The molecule has 0 bridgehead atoms. The van der Waals surface area contributed by atoms with Gasteiger partial charge in [-0.1, -0.05) is 0 Å². The van der Waals surface area contributed by atoms with E-state index < -0.39 is 18.9 Å². The van der Waals surface area contributed by atoms with Crippen molar-refractivity contribution >= 4 is 24.2 Å². The van der Waals surface area contributed by atoms with Crippen LogP contribution in [-0.2, 0) is 4.74 Å². The Morgan fingerprint density at radius 2 is 2.33 bits per heavy atom. The van der Waals surface area contributed by atoms with Crippen molar-refractivity contribution < 1.29 is 24.0 Å². The molecule has 2 aromatic heterocycles. The van der Waals surface area contributed by atoms with Gasteiger partial charge in [-0.3, -0.25) is 0 Å². The van der Waals surface area contributed by atoms with Crippen molar-refractivity contribution in [2.75, 3.05) is 6.61 Å². The lowest BCUT2D eigenvalue weighted by molar-refractivity contribution is 0.0512. The quantitative estimate of drug-likeness (QED) is 0.522. The number of hydrogen-bond acceptors (Lipinski definition) is 6. The summed E-state index contributed by atoms with van der Waals surface area (Å²) in [5.74, 6) is -1.88. The SMILES string of the molecule is CCOC(=O)c1nc2c(F)cc(B(O)O)cn2n1. The first kappa shape index (κ1) is 12.5. The number of rotatable bonds is 3. The van der Waals surface area contributed by atoms with Crippen molar-refractivity contribution in [2.24, 2.45) is 0 Å². The highest BCUT2D eigenvalue weighted by Gasteiger charge is 2.19. The Morgan fingerprint density at radius 1 is 1.61 bits per heavy atom. The molecule has 0 aliphatic carbocycles. The van der Waals surface area contributed by atoms with Crippen molar-refractivity contribution in [3.8, 4) is 0 Å². The van der Waals surface area contributed by atoms with Crippen LogP contribution in [0.1, 0.15) is 17.5 Å². The fourth-order valence-corrected chi connectivity index (χ4v) is 1.39. The minimum absolute atomic E-state index is 0.0969. The molecule has 0 unspecified atom stereocenters. The van der Waals surface area contributed by atoms with Crippen LogP contribution in [0, 0.1) is 5.82 Å². The van der Waals surface area contributed by atoms with E-state index in [2.05, 4.69) is 14.8 Å². The molecule has 0 amide bonds. The largest absolute Gasteiger partial charge is 0.490 e. The first-order valence-electron chi connectivity index (χ1n) is 5.12. The average molecular weight is 253 g/mol. The summed E-state index contributed by atoms with van der Waals surface area (Å²) in [6.45, 7) is 1.77. The summed E-state index contributed by atoms with van der Waals surface area (Å²) in [5.41, 5.74) is -0.289. The van der Waals surface area contributed by atoms with E-state index in [9.17, 15) is 9.18 Å². The average Bonchev–Trinajstić information content (AvgIpc) is 2.73. The molecule has 0 aliphatic rings. The van der Waals surface area contributed by atoms with Crippen molar-refractivity contribution in [2.45, 2.75) is 6.92 Å². The maximum atomic E-state index is 13.6. The maximum Gasteiger partial charge on any atom is 0.490 e.